The highest BCUT2D eigenvalue weighted by molar-refractivity contribution is 9.10. The van der Waals surface area contributed by atoms with Crippen LogP contribution in [0.5, 0.6) is 0 Å². The van der Waals surface area contributed by atoms with Crippen LogP contribution < -0.4 is 10.6 Å². The van der Waals surface area contributed by atoms with Crippen molar-refractivity contribution in [3.63, 3.8) is 0 Å². The highest BCUT2D eigenvalue weighted by Crippen LogP contribution is 2.26. The van der Waals surface area contributed by atoms with Crippen LogP contribution in [0.1, 0.15) is 69.8 Å². The monoisotopic (exact) mass is 568 g/mol. The normalized spacial score (nSPS) is 16.4. The summed E-state index contributed by atoms with van der Waals surface area (Å²) < 4.78 is 5.54. The van der Waals surface area contributed by atoms with Crippen LogP contribution in [0, 0.1) is 11.8 Å². The SMILES string of the molecule is COC(=O)/C=C/c1cccc(NC(=O)C2CCCCC2)c1.O=C(Nc1cccc(Br)c1)C1CCCCC1. The maximum absolute atomic E-state index is 12.2. The Balaban J connectivity index is 0.000000213. The summed E-state index contributed by atoms with van der Waals surface area (Å²) in [5, 5.41) is 5.95. The average Bonchev–Trinajstić information content (AvgIpc) is 2.93. The zero-order valence-electron chi connectivity index (χ0n) is 21.5. The topological polar surface area (TPSA) is 84.5 Å². The molecule has 2 aromatic carbocycles. The van der Waals surface area contributed by atoms with Gasteiger partial charge in [-0.1, -0.05) is 72.7 Å². The summed E-state index contributed by atoms with van der Waals surface area (Å²) in [4.78, 5) is 35.2. The maximum Gasteiger partial charge on any atom is 0.330 e. The van der Waals surface area contributed by atoms with Gasteiger partial charge in [0.1, 0.15) is 0 Å². The first kappa shape index (κ1) is 28.6. The van der Waals surface area contributed by atoms with E-state index in [1.54, 1.807) is 6.08 Å². The Morgan fingerprint density at radius 1 is 0.784 bits per heavy atom. The molecule has 0 saturated heterocycles. The Morgan fingerprint density at radius 3 is 1.81 bits per heavy atom. The van der Waals surface area contributed by atoms with Gasteiger partial charge in [-0.2, -0.15) is 0 Å². The van der Waals surface area contributed by atoms with E-state index < -0.39 is 5.97 Å². The van der Waals surface area contributed by atoms with Gasteiger partial charge < -0.3 is 15.4 Å². The number of halogens is 1. The molecule has 2 amide bonds. The number of carbonyl (C=O) groups is 3. The van der Waals surface area contributed by atoms with Crippen molar-refractivity contribution >= 4 is 51.2 Å². The van der Waals surface area contributed by atoms with E-state index in [0.29, 0.717) is 0 Å². The quantitative estimate of drug-likeness (QED) is 0.281. The lowest BCUT2D eigenvalue weighted by Gasteiger charge is -2.20. The van der Waals surface area contributed by atoms with E-state index in [1.165, 1.54) is 38.9 Å². The highest BCUT2D eigenvalue weighted by Gasteiger charge is 2.21. The Morgan fingerprint density at radius 2 is 1.30 bits per heavy atom. The standard InChI is InChI=1S/C17H21NO3.C13H16BrNO/c1-21-16(19)11-10-13-6-5-9-15(12-13)18-17(20)14-7-3-2-4-8-14;14-11-7-4-8-12(9-11)15-13(16)10-5-2-1-3-6-10/h5-6,9-12,14H,2-4,7-8H2,1H3,(H,18,20);4,7-10H,1-3,5-6H2,(H,15,16)/b11-10+;. The van der Waals surface area contributed by atoms with Crippen LogP contribution >= 0.6 is 15.9 Å². The van der Waals surface area contributed by atoms with Crippen molar-refractivity contribution in [3.05, 3.63) is 64.6 Å². The molecule has 0 heterocycles. The summed E-state index contributed by atoms with van der Waals surface area (Å²) in [7, 11) is 1.34. The minimum atomic E-state index is -0.397. The summed E-state index contributed by atoms with van der Waals surface area (Å²) in [6, 6.07) is 15.2. The molecule has 0 spiro atoms. The molecule has 2 aliphatic carbocycles. The summed E-state index contributed by atoms with van der Waals surface area (Å²) in [5.41, 5.74) is 2.49. The van der Waals surface area contributed by atoms with Crippen molar-refractivity contribution < 1.29 is 19.1 Å². The third kappa shape index (κ3) is 10.2. The van der Waals surface area contributed by atoms with Gasteiger partial charge in [-0.05, 0) is 67.7 Å². The van der Waals surface area contributed by atoms with E-state index in [9.17, 15) is 14.4 Å². The number of hydrogen-bond acceptors (Lipinski definition) is 4. The van der Waals surface area contributed by atoms with Crippen LogP contribution in [-0.2, 0) is 19.1 Å². The molecular formula is C30H37BrN2O4. The van der Waals surface area contributed by atoms with Crippen LogP contribution in [0.4, 0.5) is 11.4 Å². The van der Waals surface area contributed by atoms with Crippen molar-refractivity contribution in [1.82, 2.24) is 0 Å². The van der Waals surface area contributed by atoms with Gasteiger partial charge in [0.25, 0.3) is 0 Å². The number of benzene rings is 2. The zero-order chi connectivity index (χ0) is 26.5. The zero-order valence-corrected chi connectivity index (χ0v) is 23.1. The molecule has 37 heavy (non-hydrogen) atoms. The Labute approximate surface area is 228 Å². The second kappa shape index (κ2) is 15.4. The number of rotatable bonds is 6. The number of anilines is 2. The molecule has 0 atom stereocenters. The maximum atomic E-state index is 12.2. The minimum Gasteiger partial charge on any atom is -0.466 e. The second-order valence-corrected chi connectivity index (χ2v) is 10.6. The van der Waals surface area contributed by atoms with Gasteiger partial charge in [-0.15, -0.1) is 0 Å². The lowest BCUT2D eigenvalue weighted by Crippen LogP contribution is -2.24. The molecule has 0 bridgehead atoms. The van der Waals surface area contributed by atoms with Crippen LogP contribution in [-0.4, -0.2) is 24.9 Å². The summed E-state index contributed by atoms with van der Waals surface area (Å²) in [6.07, 6.45) is 14.2. The lowest BCUT2D eigenvalue weighted by molar-refractivity contribution is -0.134. The molecule has 0 unspecified atom stereocenters. The number of ether oxygens (including phenoxy) is 1. The van der Waals surface area contributed by atoms with Crippen LogP contribution in [0.2, 0.25) is 0 Å². The number of nitrogens with one attached hydrogen (secondary N) is 2. The van der Waals surface area contributed by atoms with Crippen LogP contribution in [0.25, 0.3) is 6.08 Å². The summed E-state index contributed by atoms with van der Waals surface area (Å²) >= 11 is 3.40. The first-order valence-corrected chi connectivity index (χ1v) is 14.0. The van der Waals surface area contributed by atoms with Crippen LogP contribution in [0.3, 0.4) is 0 Å². The first-order valence-electron chi connectivity index (χ1n) is 13.2. The van der Waals surface area contributed by atoms with E-state index in [0.717, 1.165) is 59.9 Å². The van der Waals surface area contributed by atoms with Crippen molar-refractivity contribution in [2.24, 2.45) is 11.8 Å². The van der Waals surface area contributed by atoms with E-state index in [-0.39, 0.29) is 23.7 Å². The molecule has 2 saturated carbocycles. The fourth-order valence-electron chi connectivity index (χ4n) is 4.74. The molecule has 6 nitrogen and oxygen atoms in total. The number of esters is 1. The molecule has 0 aromatic heterocycles. The van der Waals surface area contributed by atoms with Crippen LogP contribution in [0.15, 0.2) is 59.1 Å². The average molecular weight is 570 g/mol. The molecule has 0 aliphatic heterocycles. The molecule has 0 radical (unpaired) electrons. The predicted molar refractivity (Wildman–Crippen MR) is 152 cm³/mol. The van der Waals surface area contributed by atoms with Crippen molar-refractivity contribution in [2.45, 2.75) is 64.2 Å². The summed E-state index contributed by atoms with van der Waals surface area (Å²) in [6.45, 7) is 0. The fraction of sp³-hybridized carbons (Fsp3) is 0.433. The Bertz CT molecular complexity index is 1070. The van der Waals surface area contributed by atoms with E-state index in [1.807, 2.05) is 48.5 Å². The molecule has 2 fully saturated rings. The van der Waals surface area contributed by atoms with Gasteiger partial charge >= 0.3 is 5.97 Å². The molecule has 198 valence electrons. The van der Waals surface area contributed by atoms with Crippen molar-refractivity contribution in [3.8, 4) is 0 Å². The minimum absolute atomic E-state index is 0.101. The molecule has 2 N–H and O–H groups in total. The fourth-order valence-corrected chi connectivity index (χ4v) is 5.14. The van der Waals surface area contributed by atoms with E-state index >= 15 is 0 Å². The highest BCUT2D eigenvalue weighted by atomic mass is 79.9. The van der Waals surface area contributed by atoms with Gasteiger partial charge in [-0.3, -0.25) is 9.59 Å². The molecular weight excluding hydrogens is 532 g/mol. The molecule has 4 rings (SSSR count). The number of methoxy groups -OCH3 is 1. The third-order valence-corrected chi connectivity index (χ3v) is 7.30. The Kier molecular flexibility index (Phi) is 11.9. The van der Waals surface area contributed by atoms with Crippen molar-refractivity contribution in [1.29, 1.82) is 0 Å². The Hall–Kier alpha value is -2.93. The predicted octanol–water partition coefficient (Wildman–Crippen LogP) is 7.36. The second-order valence-electron chi connectivity index (χ2n) is 9.64. The van der Waals surface area contributed by atoms with Gasteiger partial charge in [0.2, 0.25) is 11.8 Å². The molecule has 2 aliphatic rings. The van der Waals surface area contributed by atoms with Gasteiger partial charge in [0, 0.05) is 33.8 Å². The van der Waals surface area contributed by atoms with Crippen molar-refractivity contribution in [2.75, 3.05) is 17.7 Å². The van der Waals surface area contributed by atoms with Gasteiger partial charge in [0.05, 0.1) is 7.11 Å². The van der Waals surface area contributed by atoms with Gasteiger partial charge in [-0.25, -0.2) is 4.79 Å². The number of hydrogen-bond donors (Lipinski definition) is 2. The van der Waals surface area contributed by atoms with E-state index in [2.05, 4.69) is 31.3 Å². The largest absolute Gasteiger partial charge is 0.466 e. The van der Waals surface area contributed by atoms with E-state index in [4.69, 9.17) is 0 Å². The smallest absolute Gasteiger partial charge is 0.330 e. The van der Waals surface area contributed by atoms with Gasteiger partial charge in [0.15, 0.2) is 0 Å². The lowest BCUT2D eigenvalue weighted by atomic mass is 9.88. The number of amides is 2. The third-order valence-electron chi connectivity index (χ3n) is 6.81. The molecule has 7 heteroatoms. The number of carbonyl (C=O) groups excluding carboxylic acids is 3. The summed E-state index contributed by atoms with van der Waals surface area (Å²) in [5.74, 6) is 0.231. The first-order chi connectivity index (χ1) is 17.9. The molecule has 2 aromatic rings.